The average molecular weight is 252 g/mol. The van der Waals surface area contributed by atoms with Crippen molar-refractivity contribution in [2.75, 3.05) is 7.11 Å². The molecule has 17 heavy (non-hydrogen) atoms. The van der Waals surface area contributed by atoms with E-state index in [-0.39, 0.29) is 0 Å². The minimum Gasteiger partial charge on any atom is -0.378 e. The molecule has 0 aromatic carbocycles. The molecule has 1 aliphatic carbocycles. The number of aromatic nitrogens is 2. The third kappa shape index (κ3) is 3.13. The first-order valence-corrected chi connectivity index (χ1v) is 6.72. The molecule has 2 atom stereocenters. The molecule has 4 heteroatoms. The molecule has 94 valence electrons. The molecule has 0 bridgehead atoms. The molecule has 0 radical (unpaired) electrons. The number of rotatable bonds is 4. The molecular weight excluding hydrogens is 232 g/mol. The van der Waals surface area contributed by atoms with Crippen molar-refractivity contribution < 1.29 is 4.74 Å². The number of nitrogens with zero attached hydrogens (tertiary/aromatic N) is 1. The van der Waals surface area contributed by atoms with Gasteiger partial charge in [0, 0.05) is 18.7 Å². The van der Waals surface area contributed by atoms with Gasteiger partial charge in [-0.3, -0.25) is 0 Å². The molecular formula is C13H20N2OS. The first-order valence-electron chi connectivity index (χ1n) is 6.32. The van der Waals surface area contributed by atoms with Crippen LogP contribution in [0.15, 0.2) is 6.07 Å². The highest BCUT2D eigenvalue weighted by Crippen LogP contribution is 2.38. The van der Waals surface area contributed by atoms with E-state index in [1.54, 1.807) is 7.11 Å². The molecule has 0 saturated heterocycles. The lowest BCUT2D eigenvalue weighted by Crippen LogP contribution is -2.05. The highest BCUT2D eigenvalue weighted by molar-refractivity contribution is 7.71. The molecule has 1 fully saturated rings. The van der Waals surface area contributed by atoms with Crippen LogP contribution >= 0.6 is 12.2 Å². The number of aromatic amines is 1. The Morgan fingerprint density at radius 2 is 2.35 bits per heavy atom. The Morgan fingerprint density at radius 1 is 1.53 bits per heavy atom. The van der Waals surface area contributed by atoms with Gasteiger partial charge in [-0.05, 0) is 31.2 Å². The Morgan fingerprint density at radius 3 is 3.00 bits per heavy atom. The van der Waals surface area contributed by atoms with Crippen LogP contribution in [0.5, 0.6) is 0 Å². The van der Waals surface area contributed by atoms with Crippen molar-refractivity contribution in [3.8, 4) is 0 Å². The van der Waals surface area contributed by atoms with Crippen LogP contribution in [0.2, 0.25) is 0 Å². The van der Waals surface area contributed by atoms with Crippen LogP contribution in [0.3, 0.4) is 0 Å². The molecule has 0 spiro atoms. The molecule has 1 heterocycles. The third-order valence-corrected chi connectivity index (χ3v) is 3.83. The second-order valence-electron chi connectivity index (χ2n) is 4.85. The highest BCUT2D eigenvalue weighted by Gasteiger charge is 2.26. The van der Waals surface area contributed by atoms with Crippen molar-refractivity contribution in [2.45, 2.75) is 45.1 Å². The van der Waals surface area contributed by atoms with E-state index in [0.29, 0.717) is 17.2 Å². The zero-order valence-electron chi connectivity index (χ0n) is 10.5. The van der Waals surface area contributed by atoms with Crippen LogP contribution in [0.4, 0.5) is 0 Å². The number of hydrogen-bond donors (Lipinski definition) is 1. The van der Waals surface area contributed by atoms with Gasteiger partial charge in [0.1, 0.15) is 10.5 Å². The summed E-state index contributed by atoms with van der Waals surface area (Å²) in [7, 11) is 1.69. The van der Waals surface area contributed by atoms with Gasteiger partial charge in [-0.15, -0.1) is 0 Å². The van der Waals surface area contributed by atoms with E-state index in [2.05, 4.69) is 16.9 Å². The fraction of sp³-hybridized carbons (Fsp3) is 0.692. The highest BCUT2D eigenvalue weighted by atomic mass is 32.1. The van der Waals surface area contributed by atoms with Crippen LogP contribution in [0.25, 0.3) is 0 Å². The van der Waals surface area contributed by atoms with Crippen molar-refractivity contribution in [1.29, 1.82) is 0 Å². The van der Waals surface area contributed by atoms with Crippen molar-refractivity contribution in [1.82, 2.24) is 9.97 Å². The van der Waals surface area contributed by atoms with Gasteiger partial charge in [-0.25, -0.2) is 4.98 Å². The third-order valence-electron chi connectivity index (χ3n) is 3.62. The Kier molecular flexibility index (Phi) is 4.29. The van der Waals surface area contributed by atoms with Crippen LogP contribution in [0, 0.1) is 10.6 Å². The van der Waals surface area contributed by atoms with Crippen LogP contribution in [-0.2, 0) is 11.3 Å². The number of H-pyrrole nitrogens is 1. The van der Waals surface area contributed by atoms with Gasteiger partial charge in [0.25, 0.3) is 0 Å². The van der Waals surface area contributed by atoms with Gasteiger partial charge in [-0.1, -0.05) is 25.6 Å². The Balaban J connectivity index is 2.18. The largest absolute Gasteiger partial charge is 0.378 e. The van der Waals surface area contributed by atoms with Crippen LogP contribution in [0.1, 0.15) is 50.0 Å². The molecule has 2 unspecified atom stereocenters. The lowest BCUT2D eigenvalue weighted by atomic mass is 10.0. The fourth-order valence-electron chi connectivity index (χ4n) is 2.65. The predicted octanol–water partition coefficient (Wildman–Crippen LogP) is 3.58. The predicted molar refractivity (Wildman–Crippen MR) is 70.5 cm³/mol. The SMILES string of the molecule is CCC1CCC(c2nc(=S)cc(COC)[nH]2)C1. The van der Waals surface area contributed by atoms with Crippen molar-refractivity contribution >= 4 is 12.2 Å². The van der Waals surface area contributed by atoms with Gasteiger partial charge in [0.2, 0.25) is 0 Å². The summed E-state index contributed by atoms with van der Waals surface area (Å²) in [6.45, 7) is 2.84. The van der Waals surface area contributed by atoms with Gasteiger partial charge in [0.05, 0.1) is 6.61 Å². The summed E-state index contributed by atoms with van der Waals surface area (Å²) >= 11 is 5.21. The van der Waals surface area contributed by atoms with Gasteiger partial charge in [-0.2, -0.15) is 0 Å². The minimum atomic E-state index is 0.554. The number of hydrogen-bond acceptors (Lipinski definition) is 3. The lowest BCUT2D eigenvalue weighted by Gasteiger charge is -2.11. The zero-order chi connectivity index (χ0) is 12.3. The summed E-state index contributed by atoms with van der Waals surface area (Å²) in [6, 6.07) is 1.88. The number of ether oxygens (including phenoxy) is 1. The van der Waals surface area contributed by atoms with E-state index in [1.807, 2.05) is 6.07 Å². The Labute approximate surface area is 108 Å². The van der Waals surface area contributed by atoms with Crippen molar-refractivity contribution in [3.63, 3.8) is 0 Å². The average Bonchev–Trinajstić information content (AvgIpc) is 2.77. The standard InChI is InChI=1S/C13H20N2OS/c1-3-9-4-5-10(6-9)13-14-11(8-16-2)7-12(17)15-13/h7,9-10H,3-6,8H2,1-2H3,(H,14,15,17). The normalized spacial score (nSPS) is 24.1. The molecule has 1 aromatic heterocycles. The quantitative estimate of drug-likeness (QED) is 0.832. The van der Waals surface area contributed by atoms with E-state index >= 15 is 0 Å². The van der Waals surface area contributed by atoms with Crippen LogP contribution in [-0.4, -0.2) is 17.1 Å². The summed E-state index contributed by atoms with van der Waals surface area (Å²) in [4.78, 5) is 7.84. The maximum atomic E-state index is 5.21. The van der Waals surface area contributed by atoms with Crippen LogP contribution < -0.4 is 0 Å². The molecule has 1 saturated carbocycles. The number of methoxy groups -OCH3 is 1. The maximum absolute atomic E-state index is 5.21. The lowest BCUT2D eigenvalue weighted by molar-refractivity contribution is 0.181. The summed E-state index contributed by atoms with van der Waals surface area (Å²) in [6.07, 6.45) is 5.06. The first-order chi connectivity index (χ1) is 8.22. The minimum absolute atomic E-state index is 0.554. The zero-order valence-corrected chi connectivity index (χ0v) is 11.3. The topological polar surface area (TPSA) is 37.9 Å². The first kappa shape index (κ1) is 12.7. The summed E-state index contributed by atoms with van der Waals surface area (Å²) in [5.74, 6) is 2.47. The number of nitrogens with one attached hydrogen (secondary N) is 1. The molecule has 0 aliphatic heterocycles. The van der Waals surface area contributed by atoms with E-state index < -0.39 is 0 Å². The smallest absolute Gasteiger partial charge is 0.130 e. The summed E-state index contributed by atoms with van der Waals surface area (Å²) in [5.41, 5.74) is 1.03. The fourth-order valence-corrected chi connectivity index (χ4v) is 2.89. The molecule has 3 nitrogen and oxygen atoms in total. The van der Waals surface area contributed by atoms with Gasteiger partial charge < -0.3 is 9.72 Å². The van der Waals surface area contributed by atoms with Crippen molar-refractivity contribution in [2.24, 2.45) is 5.92 Å². The van der Waals surface area contributed by atoms with E-state index in [9.17, 15) is 0 Å². The second kappa shape index (κ2) is 5.74. The van der Waals surface area contributed by atoms with Crippen molar-refractivity contribution in [3.05, 3.63) is 22.2 Å². The molecule has 0 amide bonds. The monoisotopic (exact) mass is 252 g/mol. The van der Waals surface area contributed by atoms with Gasteiger partial charge >= 0.3 is 0 Å². The van der Waals surface area contributed by atoms with E-state index in [1.165, 1.54) is 25.7 Å². The Hall–Kier alpha value is -0.740. The van der Waals surface area contributed by atoms with E-state index in [4.69, 9.17) is 17.0 Å². The molecule has 2 rings (SSSR count). The van der Waals surface area contributed by atoms with Gasteiger partial charge in [0.15, 0.2) is 0 Å². The summed E-state index contributed by atoms with van der Waals surface area (Å²) < 4.78 is 5.81. The molecule has 1 aromatic rings. The second-order valence-corrected chi connectivity index (χ2v) is 5.27. The molecule has 1 aliphatic rings. The Bertz CT molecular complexity index is 430. The van der Waals surface area contributed by atoms with E-state index in [0.717, 1.165) is 17.4 Å². The maximum Gasteiger partial charge on any atom is 0.130 e. The summed E-state index contributed by atoms with van der Waals surface area (Å²) in [5, 5.41) is 0. The molecule has 1 N–H and O–H groups in total.